The van der Waals surface area contributed by atoms with Gasteiger partial charge in [-0.05, 0) is 18.2 Å². The van der Waals surface area contributed by atoms with E-state index in [1.807, 2.05) is 0 Å². The Balaban J connectivity index is 1.70. The van der Waals surface area contributed by atoms with Gasteiger partial charge in [0, 0.05) is 29.0 Å². The Morgan fingerprint density at radius 1 is 1.33 bits per heavy atom. The summed E-state index contributed by atoms with van der Waals surface area (Å²) in [6.45, 7) is 0. The molecule has 2 aliphatic carbocycles. The number of hydrogen-bond acceptors (Lipinski definition) is 5. The predicted molar refractivity (Wildman–Crippen MR) is 82.6 cm³/mol. The molecule has 5 atom stereocenters. The number of nitrogens with two attached hydrogens (primary N) is 1. The van der Waals surface area contributed by atoms with Gasteiger partial charge >= 0.3 is 18.0 Å². The Kier molecular flexibility index (Phi) is 3.89. The molecule has 2 saturated carbocycles. The van der Waals surface area contributed by atoms with Gasteiger partial charge in [0.2, 0.25) is 0 Å². The third kappa shape index (κ3) is 2.67. The van der Waals surface area contributed by atoms with Crippen molar-refractivity contribution in [1.82, 2.24) is 0 Å². The van der Waals surface area contributed by atoms with Gasteiger partial charge in [0.1, 0.15) is 11.6 Å². The maximum absolute atomic E-state index is 12.0. The normalized spacial score (nSPS) is 33.4. The molecule has 0 unspecified atom stereocenters. The second-order valence-corrected chi connectivity index (χ2v) is 6.53. The fourth-order valence-electron chi connectivity index (χ4n) is 3.59. The average Bonchev–Trinajstić information content (AvgIpc) is 3.16. The Morgan fingerprint density at radius 2 is 2.04 bits per heavy atom. The lowest BCUT2D eigenvalue weighted by Crippen LogP contribution is -2.51. The fourth-order valence-corrected chi connectivity index (χ4v) is 3.78. The van der Waals surface area contributed by atoms with Crippen LogP contribution in [0.3, 0.4) is 0 Å². The maximum atomic E-state index is 12.0. The number of aliphatic carboxylic acids is 2. The van der Waals surface area contributed by atoms with E-state index in [-0.39, 0.29) is 6.42 Å². The Bertz CT molecular complexity index is 726. The van der Waals surface area contributed by atoms with Gasteiger partial charge in [-0.15, -0.1) is 0 Å². The first kappa shape index (κ1) is 16.5. The molecular weight excluding hydrogens is 340 g/mol. The molecular formula is C15H15ClN2O6. The van der Waals surface area contributed by atoms with E-state index in [0.29, 0.717) is 10.7 Å². The molecule has 8 nitrogen and oxygen atoms in total. The van der Waals surface area contributed by atoms with Crippen molar-refractivity contribution in [1.29, 1.82) is 0 Å². The molecule has 1 aromatic rings. The number of carboxylic acids is 2. The van der Waals surface area contributed by atoms with Crippen molar-refractivity contribution in [2.75, 3.05) is 5.32 Å². The minimum absolute atomic E-state index is 0.121. The van der Waals surface area contributed by atoms with E-state index < -0.39 is 47.4 Å². The summed E-state index contributed by atoms with van der Waals surface area (Å²) in [4.78, 5) is 34.6. The summed E-state index contributed by atoms with van der Waals surface area (Å²) in [5.41, 5.74) is 4.57. The van der Waals surface area contributed by atoms with Gasteiger partial charge in [0.15, 0.2) is 0 Å². The van der Waals surface area contributed by atoms with Crippen LogP contribution >= 0.6 is 11.6 Å². The average molecular weight is 355 g/mol. The van der Waals surface area contributed by atoms with Crippen molar-refractivity contribution in [3.63, 3.8) is 0 Å². The van der Waals surface area contributed by atoms with Crippen LogP contribution in [-0.4, -0.2) is 39.9 Å². The fraction of sp³-hybridized carbons (Fsp3) is 0.400. The standard InChI is InChI=1S/C15H15ClN2O6/c16-6-2-1-3-7(4-6)18-14(23)24-8-5-15(17,13(21)22)11-9(8)10(11)12(19)20/h1-4,8-11H,5,17H2,(H,18,23)(H,19,20)(H,21,22)/t8-,9-,10-,11-,15-/m0/s1. The summed E-state index contributed by atoms with van der Waals surface area (Å²) in [6.07, 6.45) is -1.80. The van der Waals surface area contributed by atoms with Crippen molar-refractivity contribution in [3.05, 3.63) is 29.3 Å². The van der Waals surface area contributed by atoms with Crippen molar-refractivity contribution in [2.24, 2.45) is 23.5 Å². The molecule has 128 valence electrons. The van der Waals surface area contributed by atoms with E-state index in [4.69, 9.17) is 22.1 Å². The summed E-state index contributed by atoms with van der Waals surface area (Å²) in [5, 5.41) is 21.4. The van der Waals surface area contributed by atoms with Crippen LogP contribution in [0, 0.1) is 17.8 Å². The largest absolute Gasteiger partial charge is 0.481 e. The van der Waals surface area contributed by atoms with Gasteiger partial charge in [0.05, 0.1) is 5.92 Å². The van der Waals surface area contributed by atoms with E-state index in [1.54, 1.807) is 18.2 Å². The minimum Gasteiger partial charge on any atom is -0.481 e. The molecule has 9 heteroatoms. The topological polar surface area (TPSA) is 139 Å². The molecule has 5 N–H and O–H groups in total. The molecule has 0 aliphatic heterocycles. The molecule has 3 rings (SSSR count). The lowest BCUT2D eigenvalue weighted by atomic mass is 9.91. The van der Waals surface area contributed by atoms with Crippen molar-refractivity contribution >= 4 is 35.3 Å². The molecule has 0 heterocycles. The number of halogens is 1. The Labute approximate surface area is 141 Å². The number of anilines is 1. The summed E-state index contributed by atoms with van der Waals surface area (Å²) in [7, 11) is 0. The number of amides is 1. The lowest BCUT2D eigenvalue weighted by molar-refractivity contribution is -0.146. The second-order valence-electron chi connectivity index (χ2n) is 6.10. The van der Waals surface area contributed by atoms with Crippen LogP contribution in [0.15, 0.2) is 24.3 Å². The highest BCUT2D eigenvalue weighted by Gasteiger charge is 2.75. The van der Waals surface area contributed by atoms with E-state index >= 15 is 0 Å². The predicted octanol–water partition coefficient (Wildman–Crippen LogP) is 1.39. The summed E-state index contributed by atoms with van der Waals surface area (Å²) < 4.78 is 5.24. The van der Waals surface area contributed by atoms with E-state index in [0.717, 1.165) is 0 Å². The van der Waals surface area contributed by atoms with Crippen molar-refractivity contribution in [2.45, 2.75) is 18.1 Å². The van der Waals surface area contributed by atoms with E-state index in [9.17, 15) is 24.6 Å². The number of benzene rings is 1. The zero-order chi connectivity index (χ0) is 17.6. The number of carbonyl (C=O) groups is 3. The first-order valence-corrected chi connectivity index (χ1v) is 7.60. The van der Waals surface area contributed by atoms with Gasteiger partial charge in [0.25, 0.3) is 0 Å². The number of carbonyl (C=O) groups excluding carboxylic acids is 1. The third-order valence-electron chi connectivity index (χ3n) is 4.65. The number of nitrogens with one attached hydrogen (secondary N) is 1. The monoisotopic (exact) mass is 354 g/mol. The molecule has 0 bridgehead atoms. The van der Waals surface area contributed by atoms with Crippen LogP contribution < -0.4 is 11.1 Å². The van der Waals surface area contributed by atoms with Crippen LogP contribution in [0.5, 0.6) is 0 Å². The molecule has 0 aromatic heterocycles. The molecule has 1 aromatic carbocycles. The van der Waals surface area contributed by atoms with Gasteiger partial charge in [-0.1, -0.05) is 17.7 Å². The zero-order valence-electron chi connectivity index (χ0n) is 12.3. The maximum Gasteiger partial charge on any atom is 0.411 e. The highest BCUT2D eigenvalue weighted by Crippen LogP contribution is 2.62. The first-order valence-electron chi connectivity index (χ1n) is 7.22. The van der Waals surface area contributed by atoms with Crippen LogP contribution in [0.25, 0.3) is 0 Å². The molecule has 0 radical (unpaired) electrons. The quantitative estimate of drug-likeness (QED) is 0.640. The van der Waals surface area contributed by atoms with Crippen molar-refractivity contribution < 1.29 is 29.3 Å². The summed E-state index contributed by atoms with van der Waals surface area (Å²) in [6, 6.07) is 6.39. The Morgan fingerprint density at radius 3 is 2.62 bits per heavy atom. The van der Waals surface area contributed by atoms with E-state index in [1.165, 1.54) is 6.07 Å². The number of rotatable bonds is 4. The molecule has 1 amide bonds. The van der Waals surface area contributed by atoms with Crippen LogP contribution in [0.4, 0.5) is 10.5 Å². The smallest absolute Gasteiger partial charge is 0.411 e. The molecule has 2 aliphatic rings. The van der Waals surface area contributed by atoms with Crippen LogP contribution in [0.2, 0.25) is 5.02 Å². The van der Waals surface area contributed by atoms with Gasteiger partial charge in [-0.3, -0.25) is 14.9 Å². The van der Waals surface area contributed by atoms with Crippen molar-refractivity contribution in [3.8, 4) is 0 Å². The highest BCUT2D eigenvalue weighted by molar-refractivity contribution is 6.30. The number of fused-ring (bicyclic) bond motifs is 1. The molecule has 2 fully saturated rings. The molecule has 0 spiro atoms. The summed E-state index contributed by atoms with van der Waals surface area (Å²) >= 11 is 5.82. The number of hydrogen-bond donors (Lipinski definition) is 4. The second kappa shape index (κ2) is 5.64. The minimum atomic E-state index is -1.70. The van der Waals surface area contributed by atoms with Crippen LogP contribution in [0.1, 0.15) is 6.42 Å². The molecule has 0 saturated heterocycles. The molecule has 24 heavy (non-hydrogen) atoms. The SMILES string of the molecule is N[C@@]1(C(=O)O)C[C@H](OC(=O)Nc2cccc(Cl)c2)[C@H]2[C@H](C(=O)O)[C@H]21. The highest BCUT2D eigenvalue weighted by atomic mass is 35.5. The zero-order valence-corrected chi connectivity index (χ0v) is 13.1. The van der Waals surface area contributed by atoms with Gasteiger partial charge in [-0.2, -0.15) is 0 Å². The lowest BCUT2D eigenvalue weighted by Gasteiger charge is -2.24. The van der Waals surface area contributed by atoms with Gasteiger partial charge < -0.3 is 20.7 Å². The third-order valence-corrected chi connectivity index (χ3v) is 4.89. The number of ether oxygens (including phenoxy) is 1. The first-order chi connectivity index (χ1) is 11.2. The Hall–Kier alpha value is -2.32. The summed E-state index contributed by atoms with van der Waals surface area (Å²) in [5.74, 6) is -4.67. The van der Waals surface area contributed by atoms with Crippen LogP contribution in [-0.2, 0) is 14.3 Å². The van der Waals surface area contributed by atoms with E-state index in [2.05, 4.69) is 5.32 Å². The van der Waals surface area contributed by atoms with Gasteiger partial charge in [-0.25, -0.2) is 4.79 Å². The number of carboxylic acid groups (broad SMARTS) is 2.